The molecule has 0 amide bonds. The van der Waals surface area contributed by atoms with E-state index in [9.17, 15) is 14.4 Å². The molecule has 1 aliphatic carbocycles. The highest BCUT2D eigenvalue weighted by molar-refractivity contribution is 8.03. The molecule has 4 rings (SSSR count). The van der Waals surface area contributed by atoms with Gasteiger partial charge in [0.1, 0.15) is 11.3 Å². The third kappa shape index (κ3) is 3.45. The molecule has 0 saturated carbocycles. The van der Waals surface area contributed by atoms with Crippen LogP contribution >= 0.6 is 11.8 Å². The fourth-order valence-electron chi connectivity index (χ4n) is 3.12. The first-order valence-electron chi connectivity index (χ1n) is 9.00. The Morgan fingerprint density at radius 3 is 2.76 bits per heavy atom. The highest BCUT2D eigenvalue weighted by Crippen LogP contribution is 2.44. The Morgan fingerprint density at radius 1 is 1.21 bits per heavy atom. The van der Waals surface area contributed by atoms with E-state index in [0.29, 0.717) is 5.56 Å². The number of benzene rings is 1. The molecule has 0 fully saturated rings. The second kappa shape index (κ2) is 7.60. The molecule has 29 heavy (non-hydrogen) atoms. The zero-order valence-corrected chi connectivity index (χ0v) is 16.6. The van der Waals surface area contributed by atoms with Crippen molar-refractivity contribution >= 4 is 40.9 Å². The summed E-state index contributed by atoms with van der Waals surface area (Å²) in [6.07, 6.45) is 6.38. The average molecular weight is 407 g/mol. The van der Waals surface area contributed by atoms with Gasteiger partial charge in [-0.15, -0.1) is 0 Å². The van der Waals surface area contributed by atoms with Crippen molar-refractivity contribution in [3.05, 3.63) is 80.9 Å². The molecule has 6 nitrogen and oxygen atoms in total. The van der Waals surface area contributed by atoms with Crippen molar-refractivity contribution < 1.29 is 18.7 Å². The maximum Gasteiger partial charge on any atom is 0.351 e. The molecule has 0 bridgehead atoms. The quantitative estimate of drug-likeness (QED) is 0.564. The lowest BCUT2D eigenvalue weighted by atomic mass is 9.96. The van der Waals surface area contributed by atoms with Crippen LogP contribution in [0.3, 0.4) is 0 Å². The van der Waals surface area contributed by atoms with Crippen LogP contribution in [0, 0.1) is 0 Å². The lowest BCUT2D eigenvalue weighted by Crippen LogP contribution is -2.19. The van der Waals surface area contributed by atoms with E-state index in [-0.39, 0.29) is 29.3 Å². The molecule has 0 spiro atoms. The molecule has 0 saturated heterocycles. The predicted molar refractivity (Wildman–Crippen MR) is 112 cm³/mol. The lowest BCUT2D eigenvalue weighted by Gasteiger charge is -2.14. The first-order chi connectivity index (χ1) is 14.0. The molecular formula is C22H17NO5S. The third-order valence-electron chi connectivity index (χ3n) is 4.56. The zero-order valence-electron chi connectivity index (χ0n) is 15.8. The summed E-state index contributed by atoms with van der Waals surface area (Å²) in [5, 5.41) is 0.938. The Labute approximate surface area is 171 Å². The molecule has 0 atom stereocenters. The second-order valence-electron chi connectivity index (χ2n) is 6.36. The van der Waals surface area contributed by atoms with Crippen LogP contribution in [0.5, 0.6) is 0 Å². The molecular weight excluding hydrogens is 390 g/mol. The fourth-order valence-corrected chi connectivity index (χ4v) is 4.17. The Morgan fingerprint density at radius 2 is 2.00 bits per heavy atom. The minimum atomic E-state index is -0.830. The molecule has 0 radical (unpaired) electrons. The number of carbonyl (C=O) groups excluding carboxylic acids is 2. The lowest BCUT2D eigenvalue weighted by molar-refractivity contribution is -0.109. The molecule has 2 aromatic rings. The second-order valence-corrected chi connectivity index (χ2v) is 7.43. The van der Waals surface area contributed by atoms with Crippen molar-refractivity contribution in [1.29, 1.82) is 0 Å². The number of nitrogens with zero attached hydrogens (tertiary/aromatic N) is 1. The summed E-state index contributed by atoms with van der Waals surface area (Å²) >= 11 is 1.59. The van der Waals surface area contributed by atoms with Gasteiger partial charge in [0.2, 0.25) is 0 Å². The van der Waals surface area contributed by atoms with Crippen LogP contribution in [0.4, 0.5) is 5.69 Å². The number of ether oxygens (including phenoxy) is 1. The van der Waals surface area contributed by atoms with E-state index in [1.807, 2.05) is 42.3 Å². The molecule has 2 heterocycles. The van der Waals surface area contributed by atoms with Gasteiger partial charge < -0.3 is 14.1 Å². The molecule has 146 valence electrons. The zero-order chi connectivity index (χ0) is 20.5. The Bertz CT molecular complexity index is 1170. The third-order valence-corrected chi connectivity index (χ3v) is 5.74. The summed E-state index contributed by atoms with van der Waals surface area (Å²) in [4.78, 5) is 39.8. The van der Waals surface area contributed by atoms with Crippen molar-refractivity contribution in [2.45, 2.75) is 11.8 Å². The number of hydrogen-bond donors (Lipinski definition) is 0. The van der Waals surface area contributed by atoms with E-state index in [2.05, 4.69) is 0 Å². The van der Waals surface area contributed by atoms with E-state index in [0.717, 1.165) is 15.6 Å². The van der Waals surface area contributed by atoms with Crippen LogP contribution in [0.2, 0.25) is 0 Å². The Balaban J connectivity index is 1.72. The normalized spacial score (nSPS) is 17.6. The van der Waals surface area contributed by atoms with Crippen LogP contribution in [-0.2, 0) is 9.53 Å². The van der Waals surface area contributed by atoms with Gasteiger partial charge in [0, 0.05) is 17.5 Å². The topological polar surface area (TPSA) is 76.8 Å². The summed E-state index contributed by atoms with van der Waals surface area (Å²) in [6, 6.07) is 9.40. The summed E-state index contributed by atoms with van der Waals surface area (Å²) in [5.41, 5.74) is 0.801. The van der Waals surface area contributed by atoms with Gasteiger partial charge in [-0.05, 0) is 49.4 Å². The van der Waals surface area contributed by atoms with Crippen molar-refractivity contribution in [2.24, 2.45) is 0 Å². The molecule has 1 aromatic carbocycles. The minimum Gasteiger partial charge on any atom is -0.462 e. The first kappa shape index (κ1) is 19.0. The summed E-state index contributed by atoms with van der Waals surface area (Å²) in [5.74, 6) is -0.871. The largest absolute Gasteiger partial charge is 0.462 e. The van der Waals surface area contributed by atoms with Gasteiger partial charge in [0.15, 0.2) is 5.78 Å². The SMILES string of the molecule is CCOC(=O)c1cc2c(oc1=O)C(=CC=C1Sc3ccccc3N1C)C(=O)C=C2. The maximum absolute atomic E-state index is 12.4. The predicted octanol–water partition coefficient (Wildman–Crippen LogP) is 3.88. The first-order valence-corrected chi connectivity index (χ1v) is 9.82. The number of carbonyl (C=O) groups is 2. The Hall–Kier alpha value is -3.32. The number of esters is 1. The Kier molecular flexibility index (Phi) is 4.98. The van der Waals surface area contributed by atoms with Gasteiger partial charge in [0.25, 0.3) is 0 Å². The van der Waals surface area contributed by atoms with Crippen LogP contribution in [0.25, 0.3) is 11.6 Å². The van der Waals surface area contributed by atoms with Crippen LogP contribution in [-0.4, -0.2) is 25.4 Å². The van der Waals surface area contributed by atoms with Crippen molar-refractivity contribution in [3.63, 3.8) is 0 Å². The van der Waals surface area contributed by atoms with E-state index in [4.69, 9.17) is 9.15 Å². The molecule has 7 heteroatoms. The average Bonchev–Trinajstić information content (AvgIpc) is 3.03. The summed E-state index contributed by atoms with van der Waals surface area (Å²) < 4.78 is 10.2. The summed E-state index contributed by atoms with van der Waals surface area (Å²) in [7, 11) is 1.95. The van der Waals surface area contributed by atoms with Crippen LogP contribution in [0.1, 0.15) is 28.6 Å². The molecule has 1 aliphatic heterocycles. The van der Waals surface area contributed by atoms with E-state index in [1.54, 1.807) is 24.8 Å². The molecule has 1 aromatic heterocycles. The van der Waals surface area contributed by atoms with Gasteiger partial charge in [-0.25, -0.2) is 9.59 Å². The minimum absolute atomic E-state index is 0.149. The van der Waals surface area contributed by atoms with E-state index >= 15 is 0 Å². The van der Waals surface area contributed by atoms with Crippen LogP contribution < -0.4 is 10.5 Å². The number of allylic oxidation sites excluding steroid dienone is 4. The molecule has 0 N–H and O–H groups in total. The van der Waals surface area contributed by atoms with Crippen molar-refractivity contribution in [3.8, 4) is 0 Å². The number of rotatable bonds is 3. The number of ketones is 1. The number of hydrogen-bond acceptors (Lipinski definition) is 7. The van der Waals surface area contributed by atoms with Crippen LogP contribution in [0.15, 0.2) is 67.7 Å². The van der Waals surface area contributed by atoms with E-state index < -0.39 is 11.6 Å². The number of thioether (sulfide) groups is 1. The molecule has 0 unspecified atom stereocenters. The maximum atomic E-state index is 12.4. The fraction of sp³-hybridized carbons (Fsp3) is 0.136. The van der Waals surface area contributed by atoms with Gasteiger partial charge in [0.05, 0.1) is 22.9 Å². The van der Waals surface area contributed by atoms with Gasteiger partial charge in [-0.2, -0.15) is 0 Å². The van der Waals surface area contributed by atoms with Gasteiger partial charge in [-0.1, -0.05) is 23.9 Å². The monoisotopic (exact) mass is 407 g/mol. The smallest absolute Gasteiger partial charge is 0.351 e. The van der Waals surface area contributed by atoms with E-state index in [1.165, 1.54) is 18.2 Å². The van der Waals surface area contributed by atoms with Crippen molar-refractivity contribution in [1.82, 2.24) is 0 Å². The van der Waals surface area contributed by atoms with Gasteiger partial charge >= 0.3 is 11.6 Å². The highest BCUT2D eigenvalue weighted by Gasteiger charge is 2.25. The number of para-hydroxylation sites is 1. The van der Waals surface area contributed by atoms with Gasteiger partial charge in [-0.3, -0.25) is 4.79 Å². The summed E-state index contributed by atoms with van der Waals surface area (Å²) in [6.45, 7) is 1.80. The number of anilines is 1. The standard InChI is InChI=1S/C22H17NO5S/c1-3-27-21(25)15-12-13-8-10-17(24)14(20(13)28-22(15)26)9-11-19-23(2)16-6-4-5-7-18(16)29-19/h4-12H,3H2,1-2H3. The highest BCUT2D eigenvalue weighted by atomic mass is 32.2. The molecule has 2 aliphatic rings. The van der Waals surface area contributed by atoms with Crippen molar-refractivity contribution in [2.75, 3.05) is 18.6 Å². The number of fused-ring (bicyclic) bond motifs is 2.